The Morgan fingerprint density at radius 3 is 2.62 bits per heavy atom. The van der Waals surface area contributed by atoms with Gasteiger partial charge in [-0.25, -0.2) is 0 Å². The molecule has 0 spiro atoms. The first-order valence-electron chi connectivity index (χ1n) is 6.97. The molecule has 21 heavy (non-hydrogen) atoms. The molecule has 1 aromatic carbocycles. The van der Waals surface area contributed by atoms with E-state index >= 15 is 0 Å². The second-order valence-corrected chi connectivity index (χ2v) is 5.42. The molecule has 1 saturated carbocycles. The van der Waals surface area contributed by atoms with E-state index in [2.05, 4.69) is 11.4 Å². The zero-order valence-electron chi connectivity index (χ0n) is 11.9. The minimum atomic E-state index is -1.00. The van der Waals surface area contributed by atoms with Crippen molar-refractivity contribution in [3.8, 4) is 6.07 Å². The molecular formula is C15H17N3O3. The maximum atomic E-state index is 12.5. The summed E-state index contributed by atoms with van der Waals surface area (Å²) in [5.41, 5.74) is -0.244. The Hall–Kier alpha value is -2.42. The molecule has 1 N–H and O–H groups in total. The number of rotatable bonds is 3. The Morgan fingerprint density at radius 2 is 2.05 bits per heavy atom. The number of hydrogen-bond acceptors (Lipinski definition) is 4. The van der Waals surface area contributed by atoms with E-state index in [1.807, 2.05) is 0 Å². The topological polar surface area (TPSA) is 96.0 Å². The molecule has 2 rings (SSSR count). The number of carbonyl (C=O) groups excluding carboxylic acids is 1. The third kappa shape index (κ3) is 2.87. The number of nitriles is 1. The van der Waals surface area contributed by atoms with Gasteiger partial charge in [-0.2, -0.15) is 5.26 Å². The fourth-order valence-corrected chi connectivity index (χ4v) is 2.74. The molecular weight excluding hydrogens is 270 g/mol. The van der Waals surface area contributed by atoms with Crippen LogP contribution in [0.5, 0.6) is 0 Å². The highest BCUT2D eigenvalue weighted by Crippen LogP contribution is 2.37. The van der Waals surface area contributed by atoms with Gasteiger partial charge in [0.25, 0.3) is 5.69 Å². The van der Waals surface area contributed by atoms with Crippen LogP contribution >= 0.6 is 0 Å². The van der Waals surface area contributed by atoms with Gasteiger partial charge >= 0.3 is 0 Å². The van der Waals surface area contributed by atoms with Crippen LogP contribution in [0, 0.1) is 33.8 Å². The minimum Gasteiger partial charge on any atom is -0.324 e. The van der Waals surface area contributed by atoms with Crippen molar-refractivity contribution in [3.05, 3.63) is 33.9 Å². The monoisotopic (exact) mass is 287 g/mol. The van der Waals surface area contributed by atoms with Crippen molar-refractivity contribution in [2.45, 2.75) is 39.0 Å². The first kappa shape index (κ1) is 15.0. The van der Waals surface area contributed by atoms with Crippen molar-refractivity contribution in [2.75, 3.05) is 5.32 Å². The van der Waals surface area contributed by atoms with Crippen LogP contribution in [0.25, 0.3) is 0 Å². The van der Waals surface area contributed by atoms with E-state index in [0.29, 0.717) is 24.1 Å². The molecule has 0 radical (unpaired) electrons. The lowest BCUT2D eigenvalue weighted by Crippen LogP contribution is -2.37. The number of nitro groups is 1. The lowest BCUT2D eigenvalue weighted by molar-refractivity contribution is -0.385. The van der Waals surface area contributed by atoms with Gasteiger partial charge in [0.05, 0.1) is 22.2 Å². The molecule has 0 atom stereocenters. The lowest BCUT2D eigenvalue weighted by Gasteiger charge is -2.29. The zero-order valence-corrected chi connectivity index (χ0v) is 11.9. The fraction of sp³-hybridized carbons (Fsp3) is 0.467. The van der Waals surface area contributed by atoms with Crippen LogP contribution in [0.2, 0.25) is 0 Å². The van der Waals surface area contributed by atoms with Crippen molar-refractivity contribution >= 4 is 17.3 Å². The molecule has 6 nitrogen and oxygen atoms in total. The minimum absolute atomic E-state index is 0.0394. The Bertz CT molecular complexity index is 613. The number of nitro benzene ring substituents is 1. The maximum Gasteiger partial charge on any atom is 0.274 e. The van der Waals surface area contributed by atoms with Gasteiger partial charge in [0, 0.05) is 6.07 Å². The van der Waals surface area contributed by atoms with Crippen molar-refractivity contribution in [1.82, 2.24) is 0 Å². The Balaban J connectivity index is 2.26. The highest BCUT2D eigenvalue weighted by molar-refractivity contribution is 5.98. The average Bonchev–Trinajstić information content (AvgIpc) is 2.49. The summed E-state index contributed by atoms with van der Waals surface area (Å²) >= 11 is 0. The molecule has 0 bridgehead atoms. The highest BCUT2D eigenvalue weighted by Gasteiger charge is 2.40. The summed E-state index contributed by atoms with van der Waals surface area (Å²) in [6.45, 7) is 1.59. The van der Waals surface area contributed by atoms with Crippen LogP contribution in [0.15, 0.2) is 18.2 Å². The molecule has 6 heteroatoms. The van der Waals surface area contributed by atoms with Crippen LogP contribution in [0.3, 0.4) is 0 Å². The molecule has 1 aliphatic rings. The van der Waals surface area contributed by atoms with Gasteiger partial charge in [-0.15, -0.1) is 0 Å². The van der Waals surface area contributed by atoms with Crippen LogP contribution in [-0.2, 0) is 4.79 Å². The molecule has 1 amide bonds. The van der Waals surface area contributed by atoms with Gasteiger partial charge in [0.15, 0.2) is 0 Å². The van der Waals surface area contributed by atoms with E-state index in [0.717, 1.165) is 19.3 Å². The number of carbonyl (C=O) groups is 1. The third-order valence-corrected chi connectivity index (χ3v) is 4.11. The van der Waals surface area contributed by atoms with Gasteiger partial charge in [-0.05, 0) is 25.8 Å². The first-order chi connectivity index (χ1) is 10.00. The van der Waals surface area contributed by atoms with Crippen LogP contribution < -0.4 is 5.32 Å². The maximum absolute atomic E-state index is 12.5. The molecule has 0 aliphatic heterocycles. The zero-order chi connectivity index (χ0) is 15.5. The second kappa shape index (κ2) is 5.92. The van der Waals surface area contributed by atoms with E-state index in [9.17, 15) is 20.2 Å². The van der Waals surface area contributed by atoms with Gasteiger partial charge < -0.3 is 5.32 Å². The highest BCUT2D eigenvalue weighted by atomic mass is 16.6. The summed E-state index contributed by atoms with van der Waals surface area (Å²) in [5, 5.41) is 23.0. The number of anilines is 1. The number of amides is 1. The molecule has 0 unspecified atom stereocenters. The second-order valence-electron chi connectivity index (χ2n) is 5.42. The van der Waals surface area contributed by atoms with E-state index in [1.54, 1.807) is 13.0 Å². The van der Waals surface area contributed by atoms with Crippen LogP contribution in [-0.4, -0.2) is 10.8 Å². The van der Waals surface area contributed by atoms with Crippen LogP contribution in [0.4, 0.5) is 11.4 Å². The van der Waals surface area contributed by atoms with E-state index in [4.69, 9.17) is 0 Å². The quantitative estimate of drug-likeness (QED) is 0.681. The van der Waals surface area contributed by atoms with Crippen molar-refractivity contribution in [3.63, 3.8) is 0 Å². The largest absolute Gasteiger partial charge is 0.324 e. The number of nitrogens with one attached hydrogen (secondary N) is 1. The average molecular weight is 287 g/mol. The predicted molar refractivity (Wildman–Crippen MR) is 77.6 cm³/mol. The predicted octanol–water partition coefficient (Wildman–Crippen LogP) is 3.32. The summed E-state index contributed by atoms with van der Waals surface area (Å²) in [5.74, 6) is -0.353. The summed E-state index contributed by atoms with van der Waals surface area (Å²) in [6, 6.07) is 6.69. The Morgan fingerprint density at radius 1 is 1.38 bits per heavy atom. The Kier molecular flexibility index (Phi) is 4.22. The SMILES string of the molecule is Cc1c(NC(=O)C2(C#N)CCCCC2)cccc1[N+](=O)[O-]. The van der Waals surface area contributed by atoms with Crippen molar-refractivity contribution in [2.24, 2.45) is 5.41 Å². The van der Waals surface area contributed by atoms with Crippen LogP contribution in [0.1, 0.15) is 37.7 Å². The summed E-state index contributed by atoms with van der Waals surface area (Å²) in [4.78, 5) is 22.9. The molecule has 1 aromatic rings. The molecule has 1 aliphatic carbocycles. The Labute approximate surface area is 122 Å². The molecule has 0 heterocycles. The fourth-order valence-electron chi connectivity index (χ4n) is 2.74. The van der Waals surface area contributed by atoms with Crippen molar-refractivity contribution in [1.29, 1.82) is 5.26 Å². The standard InChI is InChI=1S/C15H17N3O3/c1-11-12(6-5-7-13(11)18(20)21)17-14(19)15(10-16)8-3-2-4-9-15/h5-7H,2-4,8-9H2,1H3,(H,17,19). The molecule has 1 fully saturated rings. The summed E-state index contributed by atoms with van der Waals surface area (Å²) in [6.07, 6.45) is 3.84. The number of benzene rings is 1. The van der Waals surface area contributed by atoms with Gasteiger partial charge in [0.2, 0.25) is 5.91 Å². The first-order valence-corrected chi connectivity index (χ1v) is 6.97. The van der Waals surface area contributed by atoms with Gasteiger partial charge in [0.1, 0.15) is 5.41 Å². The van der Waals surface area contributed by atoms with Gasteiger partial charge in [-0.3, -0.25) is 14.9 Å². The molecule has 0 saturated heterocycles. The van der Waals surface area contributed by atoms with E-state index in [1.165, 1.54) is 12.1 Å². The van der Waals surface area contributed by atoms with E-state index < -0.39 is 10.3 Å². The van der Waals surface area contributed by atoms with Crippen molar-refractivity contribution < 1.29 is 9.72 Å². The number of hydrogen-bond donors (Lipinski definition) is 1. The third-order valence-electron chi connectivity index (χ3n) is 4.11. The number of nitrogens with zero attached hydrogens (tertiary/aromatic N) is 2. The summed E-state index contributed by atoms with van der Waals surface area (Å²) < 4.78 is 0. The molecule has 110 valence electrons. The van der Waals surface area contributed by atoms with Gasteiger partial charge in [-0.1, -0.05) is 25.3 Å². The van der Waals surface area contributed by atoms with E-state index in [-0.39, 0.29) is 11.6 Å². The summed E-state index contributed by atoms with van der Waals surface area (Å²) in [7, 11) is 0. The lowest BCUT2D eigenvalue weighted by atomic mass is 9.74. The smallest absolute Gasteiger partial charge is 0.274 e. The molecule has 0 aromatic heterocycles. The normalized spacial score (nSPS) is 16.8.